The summed E-state index contributed by atoms with van der Waals surface area (Å²) < 4.78 is 5.14. The lowest BCUT2D eigenvalue weighted by Gasteiger charge is -2.33. The molecule has 1 aromatic carbocycles. The normalized spacial score (nSPS) is 23.6. The van der Waals surface area contributed by atoms with Gasteiger partial charge in [0.25, 0.3) is 0 Å². The summed E-state index contributed by atoms with van der Waals surface area (Å²) in [5, 5.41) is 3.59. The third kappa shape index (κ3) is 5.09. The van der Waals surface area contributed by atoms with Gasteiger partial charge in [0.15, 0.2) is 5.96 Å². The molecule has 1 aromatic rings. The summed E-state index contributed by atoms with van der Waals surface area (Å²) in [6.45, 7) is 4.03. The number of esters is 1. The summed E-state index contributed by atoms with van der Waals surface area (Å²) in [5.74, 6) is 1.53. The molecule has 1 N–H and O–H groups in total. The number of aliphatic imine (C=N–C) groups is 1. The van der Waals surface area contributed by atoms with Gasteiger partial charge < -0.3 is 15.0 Å². The molecule has 2 fully saturated rings. The van der Waals surface area contributed by atoms with Crippen LogP contribution in [0.25, 0.3) is 0 Å². The van der Waals surface area contributed by atoms with E-state index in [1.54, 1.807) is 0 Å². The van der Waals surface area contributed by atoms with Gasteiger partial charge in [-0.1, -0.05) is 30.3 Å². The van der Waals surface area contributed by atoms with E-state index in [9.17, 15) is 4.79 Å². The third-order valence-corrected chi connectivity index (χ3v) is 4.96. The van der Waals surface area contributed by atoms with Gasteiger partial charge in [0.2, 0.25) is 0 Å². The summed E-state index contributed by atoms with van der Waals surface area (Å²) >= 11 is 0. The summed E-state index contributed by atoms with van der Waals surface area (Å²) in [6.07, 6.45) is 2.83. The maximum Gasteiger partial charge on any atom is 0.309 e. The molecule has 1 aliphatic carbocycles. The standard InChI is InChI=1S/C19H27N3O2.HI/c1-3-24-18(23)15-9-11-22(12-10-15)19(20-2)21-17-13-16(17)14-7-5-4-6-8-14;/h4-8,15-17H,3,9-13H2,1-2H3,(H,20,21);1H. The first-order valence-electron chi connectivity index (χ1n) is 8.92. The zero-order valence-electron chi connectivity index (χ0n) is 15.0. The number of nitrogens with one attached hydrogen (secondary N) is 1. The van der Waals surface area contributed by atoms with Gasteiger partial charge in [-0.25, -0.2) is 0 Å². The summed E-state index contributed by atoms with van der Waals surface area (Å²) in [4.78, 5) is 18.5. The molecule has 0 aromatic heterocycles. The Labute approximate surface area is 167 Å². The van der Waals surface area contributed by atoms with Gasteiger partial charge in [-0.3, -0.25) is 9.79 Å². The van der Waals surface area contributed by atoms with Gasteiger partial charge in [0.1, 0.15) is 0 Å². The van der Waals surface area contributed by atoms with Crippen molar-refractivity contribution in [3.8, 4) is 0 Å². The fourth-order valence-corrected chi connectivity index (χ4v) is 3.47. The van der Waals surface area contributed by atoms with E-state index in [2.05, 4.69) is 45.5 Å². The summed E-state index contributed by atoms with van der Waals surface area (Å²) in [6, 6.07) is 11.1. The van der Waals surface area contributed by atoms with Crippen LogP contribution in [0.15, 0.2) is 35.3 Å². The van der Waals surface area contributed by atoms with Crippen LogP contribution >= 0.6 is 24.0 Å². The Hall–Kier alpha value is -1.31. The molecule has 2 unspecified atom stereocenters. The average Bonchev–Trinajstić information content (AvgIpc) is 3.40. The Morgan fingerprint density at radius 1 is 1.28 bits per heavy atom. The molecule has 5 nitrogen and oxygen atoms in total. The SMILES string of the molecule is CCOC(=O)C1CCN(C(=NC)NC2CC2c2ccccc2)CC1.I. The number of benzene rings is 1. The lowest BCUT2D eigenvalue weighted by atomic mass is 9.97. The molecule has 2 aliphatic rings. The van der Waals surface area contributed by atoms with Gasteiger partial charge in [-0.2, -0.15) is 0 Å². The zero-order valence-corrected chi connectivity index (χ0v) is 17.3. The highest BCUT2D eigenvalue weighted by Crippen LogP contribution is 2.40. The van der Waals surface area contributed by atoms with Crippen molar-refractivity contribution in [3.63, 3.8) is 0 Å². The van der Waals surface area contributed by atoms with Crippen LogP contribution in [0.3, 0.4) is 0 Å². The number of likely N-dealkylation sites (tertiary alicyclic amines) is 1. The van der Waals surface area contributed by atoms with Crippen molar-refractivity contribution in [2.75, 3.05) is 26.7 Å². The molecule has 1 aliphatic heterocycles. The fraction of sp³-hybridized carbons (Fsp3) is 0.579. The number of hydrogen-bond donors (Lipinski definition) is 1. The first-order chi connectivity index (χ1) is 11.7. The molecule has 138 valence electrons. The van der Waals surface area contributed by atoms with Crippen LogP contribution in [-0.2, 0) is 9.53 Å². The molecule has 6 heteroatoms. The first kappa shape index (κ1) is 20.0. The van der Waals surface area contributed by atoms with Gasteiger partial charge in [0, 0.05) is 32.1 Å². The molecule has 3 rings (SSSR count). The lowest BCUT2D eigenvalue weighted by Crippen LogP contribution is -2.47. The molecular weight excluding hydrogens is 429 g/mol. The monoisotopic (exact) mass is 457 g/mol. The van der Waals surface area contributed by atoms with Gasteiger partial charge >= 0.3 is 5.97 Å². The van der Waals surface area contributed by atoms with Crippen LogP contribution in [0.1, 0.15) is 37.7 Å². The highest BCUT2D eigenvalue weighted by atomic mass is 127. The average molecular weight is 457 g/mol. The summed E-state index contributed by atoms with van der Waals surface area (Å²) in [5.41, 5.74) is 1.39. The number of halogens is 1. The molecule has 25 heavy (non-hydrogen) atoms. The molecule has 1 saturated carbocycles. The van der Waals surface area contributed by atoms with Crippen LogP contribution in [0.4, 0.5) is 0 Å². The van der Waals surface area contributed by atoms with Crippen LogP contribution in [0.5, 0.6) is 0 Å². The van der Waals surface area contributed by atoms with Crippen molar-refractivity contribution >= 4 is 35.9 Å². The molecule has 0 bridgehead atoms. The van der Waals surface area contributed by atoms with Gasteiger partial charge in [0.05, 0.1) is 12.5 Å². The number of carbonyl (C=O) groups excluding carboxylic acids is 1. The molecule has 1 heterocycles. The number of rotatable bonds is 4. The minimum absolute atomic E-state index is 0. The quantitative estimate of drug-likeness (QED) is 0.327. The zero-order chi connectivity index (χ0) is 16.9. The second-order valence-electron chi connectivity index (χ2n) is 6.56. The fourth-order valence-electron chi connectivity index (χ4n) is 3.47. The topological polar surface area (TPSA) is 53.9 Å². The van der Waals surface area contributed by atoms with E-state index in [4.69, 9.17) is 4.74 Å². The minimum atomic E-state index is -0.0496. The second kappa shape index (κ2) is 9.40. The van der Waals surface area contributed by atoms with E-state index in [1.807, 2.05) is 14.0 Å². The largest absolute Gasteiger partial charge is 0.466 e. The van der Waals surface area contributed by atoms with Gasteiger partial charge in [-0.15, -0.1) is 24.0 Å². The Kier molecular flexibility index (Phi) is 7.53. The molecule has 1 saturated heterocycles. The van der Waals surface area contributed by atoms with Crippen molar-refractivity contribution in [2.45, 2.75) is 38.1 Å². The van der Waals surface area contributed by atoms with E-state index >= 15 is 0 Å². The minimum Gasteiger partial charge on any atom is -0.466 e. The van der Waals surface area contributed by atoms with E-state index < -0.39 is 0 Å². The van der Waals surface area contributed by atoms with Crippen molar-refractivity contribution in [1.82, 2.24) is 10.2 Å². The van der Waals surface area contributed by atoms with E-state index in [-0.39, 0.29) is 35.9 Å². The molecular formula is C19H28IN3O2. The number of ether oxygens (including phenoxy) is 1. The first-order valence-corrected chi connectivity index (χ1v) is 8.92. The number of piperidine rings is 1. The maximum atomic E-state index is 11.8. The van der Waals surface area contributed by atoms with Crippen molar-refractivity contribution in [2.24, 2.45) is 10.9 Å². The van der Waals surface area contributed by atoms with Crippen molar-refractivity contribution < 1.29 is 9.53 Å². The Morgan fingerprint density at radius 2 is 1.96 bits per heavy atom. The smallest absolute Gasteiger partial charge is 0.309 e. The molecule has 2 atom stereocenters. The highest BCUT2D eigenvalue weighted by Gasteiger charge is 2.40. The highest BCUT2D eigenvalue weighted by molar-refractivity contribution is 14.0. The Bertz CT molecular complexity index is 586. The third-order valence-electron chi connectivity index (χ3n) is 4.96. The van der Waals surface area contributed by atoms with E-state index in [0.717, 1.165) is 38.3 Å². The van der Waals surface area contributed by atoms with Crippen LogP contribution in [0.2, 0.25) is 0 Å². The molecule has 0 spiro atoms. The Balaban J connectivity index is 0.00000225. The van der Waals surface area contributed by atoms with Crippen molar-refractivity contribution in [3.05, 3.63) is 35.9 Å². The Morgan fingerprint density at radius 3 is 2.56 bits per heavy atom. The number of hydrogen-bond acceptors (Lipinski definition) is 3. The van der Waals surface area contributed by atoms with E-state index in [1.165, 1.54) is 5.56 Å². The number of guanidine groups is 1. The van der Waals surface area contributed by atoms with Crippen LogP contribution < -0.4 is 5.32 Å². The number of carbonyl (C=O) groups is 1. The van der Waals surface area contributed by atoms with E-state index in [0.29, 0.717) is 18.6 Å². The predicted molar refractivity (Wildman–Crippen MR) is 110 cm³/mol. The number of nitrogens with zero attached hydrogens (tertiary/aromatic N) is 2. The molecule has 0 amide bonds. The van der Waals surface area contributed by atoms with Crippen LogP contribution in [-0.4, -0.2) is 49.6 Å². The predicted octanol–water partition coefficient (Wildman–Crippen LogP) is 3.01. The summed E-state index contributed by atoms with van der Waals surface area (Å²) in [7, 11) is 1.83. The maximum absolute atomic E-state index is 11.8. The second-order valence-corrected chi connectivity index (χ2v) is 6.56. The lowest BCUT2D eigenvalue weighted by molar-refractivity contribution is -0.149. The molecule has 0 radical (unpaired) electrons. The van der Waals surface area contributed by atoms with Crippen molar-refractivity contribution in [1.29, 1.82) is 0 Å². The van der Waals surface area contributed by atoms with Gasteiger partial charge in [-0.05, 0) is 31.7 Å². The van der Waals surface area contributed by atoms with Crippen LogP contribution in [0, 0.1) is 5.92 Å².